The highest BCUT2D eigenvalue weighted by molar-refractivity contribution is 5.59. The normalized spacial score (nSPS) is 10.9. The summed E-state index contributed by atoms with van der Waals surface area (Å²) in [5.41, 5.74) is 2.77. The Bertz CT molecular complexity index is 659. The highest BCUT2D eigenvalue weighted by Crippen LogP contribution is 2.16. The van der Waals surface area contributed by atoms with Gasteiger partial charge >= 0.3 is 0 Å². The zero-order valence-corrected chi connectivity index (χ0v) is 10.0. The Morgan fingerprint density at radius 1 is 1.06 bits per heavy atom. The summed E-state index contributed by atoms with van der Waals surface area (Å²) in [5.74, 6) is 0.810. The number of nitrogens with zero attached hydrogens (tertiary/aromatic N) is 4. The molecule has 18 heavy (non-hydrogen) atoms. The average molecular weight is 239 g/mol. The molecule has 2 heterocycles. The minimum Gasteiger partial charge on any atom is -0.313 e. The third-order valence-corrected chi connectivity index (χ3v) is 2.73. The van der Waals surface area contributed by atoms with Gasteiger partial charge in [-0.05, 0) is 19.2 Å². The van der Waals surface area contributed by atoms with E-state index in [9.17, 15) is 0 Å². The van der Waals surface area contributed by atoms with Crippen molar-refractivity contribution in [3.05, 3.63) is 48.3 Å². The van der Waals surface area contributed by atoms with Crippen molar-refractivity contribution < 1.29 is 0 Å². The van der Waals surface area contributed by atoms with Crippen molar-refractivity contribution in [2.75, 3.05) is 7.05 Å². The molecule has 90 valence electrons. The maximum Gasteiger partial charge on any atom is 0.177 e. The first-order valence-corrected chi connectivity index (χ1v) is 5.80. The molecule has 1 N–H and O–H groups in total. The van der Waals surface area contributed by atoms with E-state index in [1.807, 2.05) is 49.5 Å². The van der Waals surface area contributed by atoms with Crippen molar-refractivity contribution in [2.45, 2.75) is 6.54 Å². The van der Waals surface area contributed by atoms with Crippen LogP contribution in [0, 0.1) is 0 Å². The molecule has 1 aromatic carbocycles. The molecular formula is C13H13N5. The van der Waals surface area contributed by atoms with Gasteiger partial charge in [0, 0.05) is 5.56 Å². The van der Waals surface area contributed by atoms with E-state index >= 15 is 0 Å². The number of aromatic nitrogens is 4. The lowest BCUT2D eigenvalue weighted by Gasteiger charge is -2.02. The van der Waals surface area contributed by atoms with Gasteiger partial charge in [-0.25, -0.2) is 0 Å². The zero-order chi connectivity index (χ0) is 12.4. The van der Waals surface area contributed by atoms with E-state index in [-0.39, 0.29) is 0 Å². The number of hydrogen-bond acceptors (Lipinski definition) is 4. The van der Waals surface area contributed by atoms with E-state index in [2.05, 4.69) is 20.6 Å². The van der Waals surface area contributed by atoms with Crippen LogP contribution in [0.1, 0.15) is 5.82 Å². The molecule has 0 aliphatic carbocycles. The van der Waals surface area contributed by atoms with Gasteiger partial charge in [0.2, 0.25) is 0 Å². The Kier molecular flexibility index (Phi) is 2.74. The van der Waals surface area contributed by atoms with Crippen molar-refractivity contribution in [1.82, 2.24) is 25.1 Å². The molecule has 0 saturated carbocycles. The minimum atomic E-state index is 0.645. The number of hydrogen-bond donors (Lipinski definition) is 1. The monoisotopic (exact) mass is 239 g/mol. The van der Waals surface area contributed by atoms with E-state index in [4.69, 9.17) is 0 Å². The topological polar surface area (TPSA) is 55.1 Å². The predicted octanol–water partition coefficient (Wildman–Crippen LogP) is 1.51. The van der Waals surface area contributed by atoms with Gasteiger partial charge in [-0.3, -0.25) is 0 Å². The molecule has 0 aliphatic rings. The summed E-state index contributed by atoms with van der Waals surface area (Å²) in [4.78, 5) is 0. The van der Waals surface area contributed by atoms with E-state index in [1.54, 1.807) is 4.52 Å². The third kappa shape index (κ3) is 1.84. The van der Waals surface area contributed by atoms with Gasteiger partial charge in [0.05, 0.1) is 12.2 Å². The fourth-order valence-electron chi connectivity index (χ4n) is 1.86. The van der Waals surface area contributed by atoms with Crippen LogP contribution >= 0.6 is 0 Å². The predicted molar refractivity (Wildman–Crippen MR) is 69.0 cm³/mol. The van der Waals surface area contributed by atoms with Crippen molar-refractivity contribution >= 4 is 5.65 Å². The van der Waals surface area contributed by atoms with Crippen molar-refractivity contribution in [3.8, 4) is 11.3 Å². The fourth-order valence-corrected chi connectivity index (χ4v) is 1.86. The minimum absolute atomic E-state index is 0.645. The molecule has 0 fully saturated rings. The Hall–Kier alpha value is -2.27. The van der Waals surface area contributed by atoms with Gasteiger partial charge in [0.15, 0.2) is 11.5 Å². The van der Waals surface area contributed by atoms with E-state index < -0.39 is 0 Å². The summed E-state index contributed by atoms with van der Waals surface area (Å²) in [6.45, 7) is 0.645. The van der Waals surface area contributed by atoms with Crippen LogP contribution in [0.15, 0.2) is 42.5 Å². The van der Waals surface area contributed by atoms with E-state index in [0.29, 0.717) is 6.54 Å². The van der Waals surface area contributed by atoms with Crippen LogP contribution in [-0.4, -0.2) is 26.9 Å². The molecule has 5 nitrogen and oxygen atoms in total. The van der Waals surface area contributed by atoms with Gasteiger partial charge < -0.3 is 5.32 Å². The van der Waals surface area contributed by atoms with Crippen LogP contribution in [0.2, 0.25) is 0 Å². The standard InChI is InChI=1S/C13H13N5/c1-14-9-13-16-15-12-8-7-11(17-18(12)13)10-5-3-2-4-6-10/h2-8,14H,9H2,1H3. The van der Waals surface area contributed by atoms with Gasteiger partial charge in [0.25, 0.3) is 0 Å². The Balaban J connectivity index is 2.12. The molecule has 0 radical (unpaired) electrons. The van der Waals surface area contributed by atoms with Gasteiger partial charge in [-0.2, -0.15) is 9.61 Å². The van der Waals surface area contributed by atoms with Crippen molar-refractivity contribution in [3.63, 3.8) is 0 Å². The number of benzene rings is 1. The molecule has 0 bridgehead atoms. The Morgan fingerprint density at radius 3 is 2.67 bits per heavy atom. The molecular weight excluding hydrogens is 226 g/mol. The number of nitrogens with one attached hydrogen (secondary N) is 1. The number of rotatable bonds is 3. The molecule has 0 amide bonds. The molecule has 3 aromatic rings. The van der Waals surface area contributed by atoms with Crippen LogP contribution in [0.25, 0.3) is 16.9 Å². The summed E-state index contributed by atoms with van der Waals surface area (Å²) in [5, 5.41) is 15.8. The Labute approximate surface area is 104 Å². The second-order valence-electron chi connectivity index (χ2n) is 4.00. The molecule has 3 rings (SSSR count). The van der Waals surface area contributed by atoms with E-state index in [1.165, 1.54) is 0 Å². The maximum absolute atomic E-state index is 4.58. The summed E-state index contributed by atoms with van der Waals surface area (Å²) in [6.07, 6.45) is 0. The first-order chi connectivity index (χ1) is 8.88. The molecule has 0 spiro atoms. The second kappa shape index (κ2) is 4.54. The van der Waals surface area contributed by atoms with Crippen molar-refractivity contribution in [1.29, 1.82) is 0 Å². The van der Waals surface area contributed by atoms with Crippen LogP contribution in [-0.2, 0) is 6.54 Å². The van der Waals surface area contributed by atoms with Crippen LogP contribution < -0.4 is 5.32 Å². The molecule has 5 heteroatoms. The lowest BCUT2D eigenvalue weighted by molar-refractivity contribution is 0.719. The highest BCUT2D eigenvalue weighted by Gasteiger charge is 2.07. The molecule has 0 aliphatic heterocycles. The molecule has 2 aromatic heterocycles. The fraction of sp³-hybridized carbons (Fsp3) is 0.154. The van der Waals surface area contributed by atoms with Crippen LogP contribution in [0.5, 0.6) is 0 Å². The first kappa shape index (κ1) is 10.9. The Morgan fingerprint density at radius 2 is 1.89 bits per heavy atom. The largest absolute Gasteiger partial charge is 0.313 e. The SMILES string of the molecule is CNCc1nnc2ccc(-c3ccccc3)nn12. The zero-order valence-electron chi connectivity index (χ0n) is 10.0. The van der Waals surface area contributed by atoms with Gasteiger partial charge in [-0.1, -0.05) is 30.3 Å². The highest BCUT2D eigenvalue weighted by atomic mass is 15.4. The average Bonchev–Trinajstić information content (AvgIpc) is 2.83. The smallest absolute Gasteiger partial charge is 0.177 e. The first-order valence-electron chi connectivity index (χ1n) is 5.80. The van der Waals surface area contributed by atoms with Gasteiger partial charge in [0.1, 0.15) is 0 Å². The summed E-state index contributed by atoms with van der Waals surface area (Å²) in [6, 6.07) is 14.0. The van der Waals surface area contributed by atoms with Crippen molar-refractivity contribution in [2.24, 2.45) is 0 Å². The quantitative estimate of drug-likeness (QED) is 0.752. The van der Waals surface area contributed by atoms with Crippen LogP contribution in [0.4, 0.5) is 0 Å². The van der Waals surface area contributed by atoms with Crippen LogP contribution in [0.3, 0.4) is 0 Å². The molecule has 0 saturated heterocycles. The molecule has 0 unspecified atom stereocenters. The summed E-state index contributed by atoms with van der Waals surface area (Å²) < 4.78 is 1.78. The summed E-state index contributed by atoms with van der Waals surface area (Å²) in [7, 11) is 1.88. The summed E-state index contributed by atoms with van der Waals surface area (Å²) >= 11 is 0. The number of fused-ring (bicyclic) bond motifs is 1. The lowest BCUT2D eigenvalue weighted by Crippen LogP contribution is -2.10. The molecule has 0 atom stereocenters. The van der Waals surface area contributed by atoms with Gasteiger partial charge in [-0.15, -0.1) is 10.2 Å². The third-order valence-electron chi connectivity index (χ3n) is 2.73. The van der Waals surface area contributed by atoms with E-state index in [0.717, 1.165) is 22.7 Å². The second-order valence-corrected chi connectivity index (χ2v) is 4.00. The maximum atomic E-state index is 4.58. The lowest BCUT2D eigenvalue weighted by atomic mass is 10.1.